The van der Waals surface area contributed by atoms with Crippen molar-refractivity contribution < 1.29 is 14.0 Å². The van der Waals surface area contributed by atoms with Crippen LogP contribution in [0, 0.1) is 5.82 Å². The Kier molecular flexibility index (Phi) is 3.87. The van der Waals surface area contributed by atoms with Gasteiger partial charge in [-0.2, -0.15) is 0 Å². The molecule has 0 spiro atoms. The number of halogens is 2. The molecule has 1 aromatic carbocycles. The number of pyridine rings is 1. The molecule has 0 radical (unpaired) electrons. The second-order valence-electron chi connectivity index (χ2n) is 3.67. The van der Waals surface area contributed by atoms with E-state index in [9.17, 15) is 14.0 Å². The monoisotopic (exact) mass is 278 g/mol. The van der Waals surface area contributed by atoms with Gasteiger partial charge in [0.2, 0.25) is 0 Å². The topological polar surface area (TPSA) is 59.1 Å². The van der Waals surface area contributed by atoms with Crippen LogP contribution in [-0.4, -0.2) is 17.2 Å². The number of rotatable bonds is 3. The number of aldehydes is 1. The summed E-state index contributed by atoms with van der Waals surface area (Å²) in [6, 6.07) is 6.47. The van der Waals surface area contributed by atoms with Crippen molar-refractivity contribution in [2.45, 2.75) is 0 Å². The van der Waals surface area contributed by atoms with Crippen molar-refractivity contribution in [1.82, 2.24) is 4.98 Å². The summed E-state index contributed by atoms with van der Waals surface area (Å²) in [4.78, 5) is 26.2. The molecule has 1 aromatic heterocycles. The zero-order valence-electron chi connectivity index (χ0n) is 9.56. The fourth-order valence-corrected chi connectivity index (χ4v) is 1.61. The summed E-state index contributed by atoms with van der Waals surface area (Å²) < 4.78 is 13.1. The van der Waals surface area contributed by atoms with E-state index in [-0.39, 0.29) is 16.4 Å². The highest BCUT2D eigenvalue weighted by molar-refractivity contribution is 6.34. The van der Waals surface area contributed by atoms with Crippen LogP contribution in [0.1, 0.15) is 20.7 Å². The fraction of sp³-hybridized carbons (Fsp3) is 0. The molecule has 2 aromatic rings. The maximum Gasteiger partial charge on any atom is 0.258 e. The molecule has 0 fully saturated rings. The minimum Gasteiger partial charge on any atom is -0.307 e. The van der Waals surface area contributed by atoms with Gasteiger partial charge in [0.05, 0.1) is 10.6 Å². The highest BCUT2D eigenvalue weighted by Gasteiger charge is 2.12. The van der Waals surface area contributed by atoms with Crippen molar-refractivity contribution >= 4 is 29.6 Å². The van der Waals surface area contributed by atoms with Gasteiger partial charge in [0.1, 0.15) is 11.6 Å². The van der Waals surface area contributed by atoms with Crippen molar-refractivity contribution in [2.24, 2.45) is 0 Å². The van der Waals surface area contributed by atoms with E-state index in [1.807, 2.05) is 0 Å². The number of benzene rings is 1. The fourth-order valence-electron chi connectivity index (χ4n) is 1.40. The molecule has 19 heavy (non-hydrogen) atoms. The van der Waals surface area contributed by atoms with Crippen molar-refractivity contribution in [2.75, 3.05) is 5.32 Å². The van der Waals surface area contributed by atoms with Crippen molar-refractivity contribution in [1.29, 1.82) is 0 Å². The molecule has 1 heterocycles. The molecule has 0 saturated heterocycles. The molecule has 0 aliphatic heterocycles. The second-order valence-corrected chi connectivity index (χ2v) is 4.08. The van der Waals surface area contributed by atoms with E-state index < -0.39 is 11.7 Å². The minimum absolute atomic E-state index is 0.0166. The van der Waals surface area contributed by atoms with Crippen molar-refractivity contribution in [3.63, 3.8) is 0 Å². The van der Waals surface area contributed by atoms with E-state index in [2.05, 4.69) is 10.3 Å². The molecular formula is C13H8ClFN2O2. The Labute approximate surface area is 113 Å². The van der Waals surface area contributed by atoms with Gasteiger partial charge in [-0.3, -0.25) is 9.59 Å². The van der Waals surface area contributed by atoms with Gasteiger partial charge >= 0.3 is 0 Å². The van der Waals surface area contributed by atoms with Crippen LogP contribution in [0.25, 0.3) is 0 Å². The summed E-state index contributed by atoms with van der Waals surface area (Å²) in [5.74, 6) is -0.884. The number of carbonyl (C=O) groups is 2. The van der Waals surface area contributed by atoms with Gasteiger partial charge in [0.25, 0.3) is 5.91 Å². The normalized spacial score (nSPS) is 10.0. The Morgan fingerprint density at radius 1 is 1.32 bits per heavy atom. The van der Waals surface area contributed by atoms with E-state index >= 15 is 0 Å². The maximum atomic E-state index is 13.1. The first-order valence-electron chi connectivity index (χ1n) is 5.28. The van der Waals surface area contributed by atoms with Gasteiger partial charge in [0, 0.05) is 11.8 Å². The van der Waals surface area contributed by atoms with Crippen LogP contribution < -0.4 is 5.32 Å². The molecular weight excluding hydrogens is 271 g/mol. The van der Waals surface area contributed by atoms with Gasteiger partial charge in [-0.05, 0) is 30.3 Å². The van der Waals surface area contributed by atoms with Crippen LogP contribution in [0.15, 0.2) is 36.5 Å². The first-order valence-corrected chi connectivity index (χ1v) is 5.65. The Morgan fingerprint density at radius 2 is 2.11 bits per heavy atom. The average molecular weight is 279 g/mol. The van der Waals surface area contributed by atoms with Crippen LogP contribution in [0.3, 0.4) is 0 Å². The average Bonchev–Trinajstić information content (AvgIpc) is 2.42. The highest BCUT2D eigenvalue weighted by atomic mass is 35.5. The first-order chi connectivity index (χ1) is 9.10. The smallest absolute Gasteiger partial charge is 0.258 e. The number of amides is 1. The third-order valence-electron chi connectivity index (χ3n) is 2.34. The van der Waals surface area contributed by atoms with Crippen LogP contribution in [0.4, 0.5) is 10.2 Å². The Morgan fingerprint density at radius 3 is 2.74 bits per heavy atom. The van der Waals surface area contributed by atoms with E-state index in [0.29, 0.717) is 11.8 Å². The quantitative estimate of drug-likeness (QED) is 0.878. The lowest BCUT2D eigenvalue weighted by atomic mass is 10.2. The van der Waals surface area contributed by atoms with Crippen molar-refractivity contribution in [3.8, 4) is 0 Å². The third-order valence-corrected chi connectivity index (χ3v) is 2.67. The summed E-state index contributed by atoms with van der Waals surface area (Å²) in [6.07, 6.45) is 1.96. The standard InChI is InChI=1S/C13H8ClFN2O2/c14-11-3-2-9(15)5-10(11)13(19)17-12-4-1-8(7-18)6-16-12/h1-7H,(H,16,17,19). The molecule has 0 aliphatic rings. The Balaban J connectivity index is 2.20. The lowest BCUT2D eigenvalue weighted by molar-refractivity contribution is 0.102. The summed E-state index contributed by atoms with van der Waals surface area (Å²) in [6.45, 7) is 0. The summed E-state index contributed by atoms with van der Waals surface area (Å²) in [7, 11) is 0. The van der Waals surface area contributed by atoms with Crippen molar-refractivity contribution in [3.05, 3.63) is 58.5 Å². The molecule has 2 rings (SSSR count). The molecule has 0 unspecified atom stereocenters. The number of hydrogen-bond acceptors (Lipinski definition) is 3. The zero-order chi connectivity index (χ0) is 13.8. The maximum absolute atomic E-state index is 13.1. The number of anilines is 1. The molecule has 4 nitrogen and oxygen atoms in total. The summed E-state index contributed by atoms with van der Waals surface area (Å²) >= 11 is 5.81. The van der Waals surface area contributed by atoms with E-state index in [1.165, 1.54) is 24.4 Å². The molecule has 1 N–H and O–H groups in total. The van der Waals surface area contributed by atoms with Gasteiger partial charge in [-0.1, -0.05) is 11.6 Å². The second kappa shape index (κ2) is 5.58. The van der Waals surface area contributed by atoms with E-state index in [1.54, 1.807) is 0 Å². The number of hydrogen-bond donors (Lipinski definition) is 1. The first kappa shape index (κ1) is 13.2. The summed E-state index contributed by atoms with van der Waals surface area (Å²) in [5.41, 5.74) is 0.407. The zero-order valence-corrected chi connectivity index (χ0v) is 10.3. The molecule has 0 atom stereocenters. The Bertz CT molecular complexity index is 629. The van der Waals surface area contributed by atoms with Crippen LogP contribution >= 0.6 is 11.6 Å². The molecule has 6 heteroatoms. The van der Waals surface area contributed by atoms with Crippen LogP contribution in [0.5, 0.6) is 0 Å². The molecule has 0 aliphatic carbocycles. The van der Waals surface area contributed by atoms with Gasteiger partial charge in [-0.25, -0.2) is 9.37 Å². The highest BCUT2D eigenvalue weighted by Crippen LogP contribution is 2.18. The lowest BCUT2D eigenvalue weighted by Crippen LogP contribution is -2.13. The van der Waals surface area contributed by atoms with Crippen LogP contribution in [0.2, 0.25) is 5.02 Å². The van der Waals surface area contributed by atoms with Gasteiger partial charge < -0.3 is 5.32 Å². The largest absolute Gasteiger partial charge is 0.307 e. The lowest BCUT2D eigenvalue weighted by Gasteiger charge is -2.06. The predicted octanol–water partition coefficient (Wildman–Crippen LogP) is 2.94. The molecule has 1 amide bonds. The van der Waals surface area contributed by atoms with Gasteiger partial charge in [0.15, 0.2) is 6.29 Å². The molecule has 96 valence electrons. The number of nitrogens with zero attached hydrogens (tertiary/aromatic N) is 1. The number of carbonyl (C=O) groups excluding carboxylic acids is 2. The SMILES string of the molecule is O=Cc1ccc(NC(=O)c2cc(F)ccc2Cl)nc1. The van der Waals surface area contributed by atoms with Gasteiger partial charge in [-0.15, -0.1) is 0 Å². The Hall–Kier alpha value is -2.27. The summed E-state index contributed by atoms with van der Waals surface area (Å²) in [5, 5.41) is 2.60. The number of aromatic nitrogens is 1. The molecule has 0 saturated carbocycles. The van der Waals surface area contributed by atoms with E-state index in [4.69, 9.17) is 11.6 Å². The molecule has 0 bridgehead atoms. The predicted molar refractivity (Wildman–Crippen MR) is 69.0 cm³/mol. The third kappa shape index (κ3) is 3.14. The van der Waals surface area contributed by atoms with Crippen LogP contribution in [-0.2, 0) is 0 Å². The minimum atomic E-state index is -0.573. The van der Waals surface area contributed by atoms with E-state index in [0.717, 1.165) is 12.1 Å². The number of nitrogens with one attached hydrogen (secondary N) is 1.